The van der Waals surface area contributed by atoms with Crippen molar-refractivity contribution in [3.05, 3.63) is 48.0 Å². The topological polar surface area (TPSA) is 39.7 Å². The van der Waals surface area contributed by atoms with Crippen molar-refractivity contribution in [2.45, 2.75) is 33.9 Å². The van der Waals surface area contributed by atoms with Gasteiger partial charge in [-0.3, -0.25) is 4.90 Å². The first kappa shape index (κ1) is 18.2. The van der Waals surface area contributed by atoms with Crippen LogP contribution in [0.5, 0.6) is 0 Å². The van der Waals surface area contributed by atoms with Crippen molar-refractivity contribution in [2.24, 2.45) is 4.99 Å². The van der Waals surface area contributed by atoms with Crippen LogP contribution in [0.1, 0.15) is 31.9 Å². The largest absolute Gasteiger partial charge is 0.357 e. The second kappa shape index (κ2) is 10.9. The van der Waals surface area contributed by atoms with E-state index >= 15 is 0 Å². The van der Waals surface area contributed by atoms with Gasteiger partial charge in [-0.2, -0.15) is 0 Å². The van der Waals surface area contributed by atoms with Gasteiger partial charge in [0.2, 0.25) is 0 Å². The number of nitrogens with one attached hydrogen (secondary N) is 2. The fourth-order valence-corrected chi connectivity index (χ4v) is 2.14. The monoisotopic (exact) mass is 302 g/mol. The Morgan fingerprint density at radius 1 is 1.09 bits per heavy atom. The first-order chi connectivity index (χ1) is 10.7. The van der Waals surface area contributed by atoms with E-state index < -0.39 is 0 Å². The van der Waals surface area contributed by atoms with Crippen molar-refractivity contribution in [3.8, 4) is 0 Å². The van der Waals surface area contributed by atoms with E-state index in [0.29, 0.717) is 13.1 Å². The summed E-state index contributed by atoms with van der Waals surface area (Å²) in [6.07, 6.45) is 1.83. The average Bonchev–Trinajstić information content (AvgIpc) is 2.56. The van der Waals surface area contributed by atoms with Crippen molar-refractivity contribution in [1.82, 2.24) is 15.5 Å². The van der Waals surface area contributed by atoms with Crippen LogP contribution in [0.3, 0.4) is 0 Å². The Labute approximate surface area is 135 Å². The second-order valence-corrected chi connectivity index (χ2v) is 5.14. The molecule has 22 heavy (non-hydrogen) atoms. The second-order valence-electron chi connectivity index (χ2n) is 5.14. The van der Waals surface area contributed by atoms with E-state index in [-0.39, 0.29) is 0 Å². The number of aliphatic imine (C=N–C) groups is 1. The number of hydrogen-bond donors (Lipinski definition) is 2. The minimum absolute atomic E-state index is 0.679. The summed E-state index contributed by atoms with van der Waals surface area (Å²) in [5, 5.41) is 6.43. The fourth-order valence-electron chi connectivity index (χ4n) is 2.14. The van der Waals surface area contributed by atoms with Crippen LogP contribution in [0.15, 0.2) is 41.9 Å². The predicted molar refractivity (Wildman–Crippen MR) is 96.1 cm³/mol. The Morgan fingerprint density at radius 2 is 1.73 bits per heavy atom. The molecule has 0 saturated carbocycles. The van der Waals surface area contributed by atoms with E-state index in [2.05, 4.69) is 72.1 Å². The van der Waals surface area contributed by atoms with Gasteiger partial charge >= 0.3 is 0 Å². The molecule has 0 radical (unpaired) electrons. The third-order valence-electron chi connectivity index (χ3n) is 3.50. The molecule has 2 N–H and O–H groups in total. The molecule has 0 aliphatic heterocycles. The lowest BCUT2D eigenvalue weighted by Crippen LogP contribution is -2.37. The molecule has 0 aliphatic rings. The Balaban J connectivity index is 2.60. The molecule has 1 aromatic carbocycles. The van der Waals surface area contributed by atoms with E-state index in [0.717, 1.165) is 32.1 Å². The summed E-state index contributed by atoms with van der Waals surface area (Å²) in [4.78, 5) is 6.99. The molecule has 0 aromatic heterocycles. The summed E-state index contributed by atoms with van der Waals surface area (Å²) < 4.78 is 0. The number of benzene rings is 1. The third-order valence-corrected chi connectivity index (χ3v) is 3.50. The van der Waals surface area contributed by atoms with Gasteiger partial charge in [0, 0.05) is 19.6 Å². The maximum atomic E-state index is 4.58. The molecular weight excluding hydrogens is 272 g/mol. The molecule has 1 rings (SSSR count). The van der Waals surface area contributed by atoms with Gasteiger partial charge in [-0.1, -0.05) is 44.2 Å². The van der Waals surface area contributed by atoms with E-state index in [1.165, 1.54) is 11.1 Å². The Morgan fingerprint density at radius 3 is 2.27 bits per heavy atom. The van der Waals surface area contributed by atoms with Crippen LogP contribution in [0.2, 0.25) is 0 Å². The van der Waals surface area contributed by atoms with Gasteiger partial charge in [-0.05, 0) is 31.1 Å². The molecule has 0 bridgehead atoms. The summed E-state index contributed by atoms with van der Waals surface area (Å²) in [5.74, 6) is 0.828. The number of hydrogen-bond acceptors (Lipinski definition) is 2. The summed E-state index contributed by atoms with van der Waals surface area (Å²) in [5.41, 5.74) is 2.58. The van der Waals surface area contributed by atoms with Crippen molar-refractivity contribution in [1.29, 1.82) is 0 Å². The molecule has 0 spiro atoms. The zero-order valence-corrected chi connectivity index (χ0v) is 14.2. The predicted octanol–water partition coefficient (Wildman–Crippen LogP) is 2.77. The molecule has 0 saturated heterocycles. The summed E-state index contributed by atoms with van der Waals surface area (Å²) in [6.45, 7) is 15.6. The molecule has 1 aromatic rings. The highest BCUT2D eigenvalue weighted by Crippen LogP contribution is 2.08. The fraction of sp³-hybridized carbons (Fsp3) is 0.500. The average molecular weight is 302 g/mol. The number of rotatable bonds is 9. The first-order valence-electron chi connectivity index (χ1n) is 8.16. The Bertz CT molecular complexity index is 447. The van der Waals surface area contributed by atoms with E-state index in [1.54, 1.807) is 0 Å². The van der Waals surface area contributed by atoms with Gasteiger partial charge in [0.1, 0.15) is 0 Å². The highest BCUT2D eigenvalue weighted by Gasteiger charge is 2.01. The summed E-state index contributed by atoms with van der Waals surface area (Å²) in [7, 11) is 0. The van der Waals surface area contributed by atoms with Crippen LogP contribution >= 0.6 is 0 Å². The molecule has 0 aliphatic carbocycles. The molecular formula is C18H30N4. The lowest BCUT2D eigenvalue weighted by atomic mass is 10.1. The third kappa shape index (κ3) is 6.76. The van der Waals surface area contributed by atoms with Crippen LogP contribution in [0, 0.1) is 0 Å². The van der Waals surface area contributed by atoms with Crippen LogP contribution in [-0.2, 0) is 13.1 Å². The lowest BCUT2D eigenvalue weighted by molar-refractivity contribution is 0.296. The van der Waals surface area contributed by atoms with Gasteiger partial charge in [0.25, 0.3) is 0 Å². The van der Waals surface area contributed by atoms with Crippen LogP contribution in [-0.4, -0.2) is 37.0 Å². The van der Waals surface area contributed by atoms with Crippen LogP contribution < -0.4 is 10.6 Å². The van der Waals surface area contributed by atoms with Crippen LogP contribution in [0.25, 0.3) is 0 Å². The summed E-state index contributed by atoms with van der Waals surface area (Å²) >= 11 is 0. The lowest BCUT2D eigenvalue weighted by Gasteiger charge is -2.18. The molecule has 4 nitrogen and oxygen atoms in total. The van der Waals surface area contributed by atoms with Crippen LogP contribution in [0.4, 0.5) is 0 Å². The SMILES string of the molecule is C=CCNC(=NCc1ccc(CN(CC)CC)cc1)NCC. The van der Waals surface area contributed by atoms with E-state index in [1.807, 2.05) is 6.08 Å². The number of nitrogens with zero attached hydrogens (tertiary/aromatic N) is 2. The highest BCUT2D eigenvalue weighted by atomic mass is 15.2. The first-order valence-corrected chi connectivity index (χ1v) is 8.16. The minimum atomic E-state index is 0.679. The van der Waals surface area contributed by atoms with Gasteiger partial charge in [-0.15, -0.1) is 6.58 Å². The molecule has 0 atom stereocenters. The Hall–Kier alpha value is -1.81. The molecule has 0 amide bonds. The van der Waals surface area contributed by atoms with Gasteiger partial charge in [0.15, 0.2) is 5.96 Å². The Kier molecular flexibility index (Phi) is 9.00. The van der Waals surface area contributed by atoms with Crippen molar-refractivity contribution < 1.29 is 0 Å². The molecule has 0 unspecified atom stereocenters. The summed E-state index contributed by atoms with van der Waals surface area (Å²) in [6, 6.07) is 8.74. The van der Waals surface area contributed by atoms with Crippen molar-refractivity contribution in [3.63, 3.8) is 0 Å². The molecule has 0 fully saturated rings. The van der Waals surface area contributed by atoms with Crippen molar-refractivity contribution >= 4 is 5.96 Å². The standard InChI is InChI=1S/C18H30N4/c1-5-13-20-18(19-6-2)21-14-16-9-11-17(12-10-16)15-22(7-3)8-4/h5,9-12H,1,6-8,13-15H2,2-4H3,(H2,19,20,21). The quantitative estimate of drug-likeness (QED) is 0.418. The minimum Gasteiger partial charge on any atom is -0.357 e. The maximum Gasteiger partial charge on any atom is 0.191 e. The van der Waals surface area contributed by atoms with Gasteiger partial charge < -0.3 is 10.6 Å². The number of guanidine groups is 1. The molecule has 122 valence electrons. The highest BCUT2D eigenvalue weighted by molar-refractivity contribution is 5.79. The molecule has 4 heteroatoms. The van der Waals surface area contributed by atoms with Gasteiger partial charge in [-0.25, -0.2) is 4.99 Å². The molecule has 0 heterocycles. The zero-order valence-electron chi connectivity index (χ0n) is 14.2. The smallest absolute Gasteiger partial charge is 0.191 e. The van der Waals surface area contributed by atoms with Crippen molar-refractivity contribution in [2.75, 3.05) is 26.2 Å². The van der Waals surface area contributed by atoms with E-state index in [4.69, 9.17) is 0 Å². The normalized spacial score (nSPS) is 11.5. The van der Waals surface area contributed by atoms with Gasteiger partial charge in [0.05, 0.1) is 6.54 Å². The maximum absolute atomic E-state index is 4.58. The van der Waals surface area contributed by atoms with E-state index in [9.17, 15) is 0 Å². The zero-order chi connectivity index (χ0) is 16.2.